The third-order valence-electron chi connectivity index (χ3n) is 6.58. The van der Waals surface area contributed by atoms with Crippen molar-refractivity contribution in [3.63, 3.8) is 0 Å². The van der Waals surface area contributed by atoms with Crippen LogP contribution < -0.4 is 10.6 Å². The summed E-state index contributed by atoms with van der Waals surface area (Å²) in [6, 6.07) is 10.4. The van der Waals surface area contributed by atoms with Gasteiger partial charge in [-0.05, 0) is 63.2 Å². The number of piperidine rings is 1. The molecule has 13 heteroatoms. The fraction of sp³-hybridized carbons (Fsp3) is 0.360. The molecule has 200 valence electrons. The third-order valence-corrected chi connectivity index (χ3v) is 8.73. The fourth-order valence-electron chi connectivity index (χ4n) is 4.38. The first kappa shape index (κ1) is 26.3. The summed E-state index contributed by atoms with van der Waals surface area (Å²) in [5, 5.41) is 11.1. The second-order valence-corrected chi connectivity index (χ2v) is 12.2. The van der Waals surface area contributed by atoms with Crippen molar-refractivity contribution < 1.29 is 8.42 Å². The van der Waals surface area contributed by atoms with E-state index in [1.807, 2.05) is 18.3 Å². The molecule has 0 unspecified atom stereocenters. The number of rotatable bonds is 8. The first-order valence-electron chi connectivity index (χ1n) is 12.3. The summed E-state index contributed by atoms with van der Waals surface area (Å²) in [5.74, 6) is 2.01. The predicted molar refractivity (Wildman–Crippen MR) is 148 cm³/mol. The molecule has 11 nitrogen and oxygen atoms in total. The van der Waals surface area contributed by atoms with Gasteiger partial charge in [-0.25, -0.2) is 27.2 Å². The minimum Gasteiger partial charge on any atom is -0.338 e. The van der Waals surface area contributed by atoms with Gasteiger partial charge in [-0.3, -0.25) is 0 Å². The molecule has 0 radical (unpaired) electrons. The smallest absolute Gasteiger partial charge is 0.244 e. The lowest BCUT2D eigenvalue weighted by atomic mass is 9.94. The highest BCUT2D eigenvalue weighted by atomic mass is 35.5. The van der Waals surface area contributed by atoms with Gasteiger partial charge in [-0.1, -0.05) is 23.7 Å². The largest absolute Gasteiger partial charge is 0.338 e. The standard InChI is InChI=1S/C25H30ClN9O2S/c1-33(2)38(36,37)21-7-5-4-6-20(21)29-24-19(26)15-27-25(31-24)28-18-8-9-23-30-22(32-35(23)16-18)14-17-10-12-34(3)13-11-17/h4-9,15-17H,10-14H2,1-3H3,(H2,27,28,29,31). The van der Waals surface area contributed by atoms with Gasteiger partial charge in [0.15, 0.2) is 17.3 Å². The maximum Gasteiger partial charge on any atom is 0.244 e. The van der Waals surface area contributed by atoms with Gasteiger partial charge in [0, 0.05) is 20.5 Å². The van der Waals surface area contributed by atoms with E-state index in [1.54, 1.807) is 22.7 Å². The van der Waals surface area contributed by atoms with E-state index in [-0.39, 0.29) is 21.7 Å². The van der Waals surface area contributed by atoms with Crippen molar-refractivity contribution in [1.29, 1.82) is 0 Å². The van der Waals surface area contributed by atoms with Crippen LogP contribution in [0.3, 0.4) is 0 Å². The number of benzene rings is 1. The Morgan fingerprint density at radius 1 is 1.08 bits per heavy atom. The lowest BCUT2D eigenvalue weighted by Crippen LogP contribution is -2.31. The molecule has 1 aromatic carbocycles. The Bertz CT molecular complexity index is 1550. The number of likely N-dealkylation sites (tertiary alicyclic amines) is 1. The van der Waals surface area contributed by atoms with Crippen LogP contribution in [0.25, 0.3) is 5.65 Å². The van der Waals surface area contributed by atoms with E-state index in [4.69, 9.17) is 11.6 Å². The molecule has 0 atom stereocenters. The Kier molecular flexibility index (Phi) is 7.48. The van der Waals surface area contributed by atoms with Gasteiger partial charge in [0.05, 0.1) is 23.8 Å². The molecular weight excluding hydrogens is 526 g/mol. The topological polar surface area (TPSA) is 121 Å². The lowest BCUT2D eigenvalue weighted by molar-refractivity contribution is 0.217. The number of nitrogens with one attached hydrogen (secondary N) is 2. The molecule has 38 heavy (non-hydrogen) atoms. The summed E-state index contributed by atoms with van der Waals surface area (Å²) in [4.78, 5) is 15.9. The minimum absolute atomic E-state index is 0.113. The Hall–Kier alpha value is -3.32. The van der Waals surface area contributed by atoms with Gasteiger partial charge in [0.1, 0.15) is 9.92 Å². The quantitative estimate of drug-likeness (QED) is 0.334. The highest BCUT2D eigenvalue weighted by Crippen LogP contribution is 2.30. The Labute approximate surface area is 226 Å². The number of para-hydroxylation sites is 1. The molecule has 2 N–H and O–H groups in total. The zero-order valence-electron chi connectivity index (χ0n) is 21.5. The zero-order valence-corrected chi connectivity index (χ0v) is 23.0. The van der Waals surface area contributed by atoms with Crippen molar-refractivity contribution in [3.05, 3.63) is 59.6 Å². The predicted octanol–water partition coefficient (Wildman–Crippen LogP) is 3.79. The summed E-state index contributed by atoms with van der Waals surface area (Å²) in [5.41, 5.74) is 1.85. The summed E-state index contributed by atoms with van der Waals surface area (Å²) in [6.07, 6.45) is 6.49. The Morgan fingerprint density at radius 2 is 1.84 bits per heavy atom. The molecule has 0 aliphatic carbocycles. The van der Waals surface area contributed by atoms with Crippen LogP contribution in [0, 0.1) is 5.92 Å². The summed E-state index contributed by atoms with van der Waals surface area (Å²) in [6.45, 7) is 2.22. The van der Waals surface area contributed by atoms with Crippen LogP contribution in [-0.2, 0) is 16.4 Å². The van der Waals surface area contributed by atoms with E-state index < -0.39 is 10.0 Å². The van der Waals surface area contributed by atoms with Crippen molar-refractivity contribution >= 4 is 50.4 Å². The van der Waals surface area contributed by atoms with Gasteiger partial charge in [0.25, 0.3) is 0 Å². The molecule has 4 aromatic rings. The maximum atomic E-state index is 12.8. The number of pyridine rings is 1. The van der Waals surface area contributed by atoms with Crippen LogP contribution >= 0.6 is 11.6 Å². The van der Waals surface area contributed by atoms with Crippen molar-refractivity contribution in [2.45, 2.75) is 24.2 Å². The molecular formula is C25H30ClN9O2S. The van der Waals surface area contributed by atoms with E-state index in [1.165, 1.54) is 26.4 Å². The van der Waals surface area contributed by atoms with Gasteiger partial charge in [-0.2, -0.15) is 10.1 Å². The Balaban J connectivity index is 1.34. The van der Waals surface area contributed by atoms with E-state index in [9.17, 15) is 8.42 Å². The summed E-state index contributed by atoms with van der Waals surface area (Å²) < 4.78 is 28.4. The molecule has 0 bridgehead atoms. The monoisotopic (exact) mass is 555 g/mol. The molecule has 1 fully saturated rings. The number of fused-ring (bicyclic) bond motifs is 1. The van der Waals surface area contributed by atoms with Crippen LogP contribution in [0.4, 0.5) is 23.1 Å². The average Bonchev–Trinajstić information content (AvgIpc) is 3.29. The average molecular weight is 556 g/mol. The van der Waals surface area contributed by atoms with Gasteiger partial charge in [0.2, 0.25) is 16.0 Å². The zero-order chi connectivity index (χ0) is 26.9. The van der Waals surface area contributed by atoms with Crippen molar-refractivity contribution in [2.75, 3.05) is 44.9 Å². The van der Waals surface area contributed by atoms with E-state index in [0.29, 0.717) is 11.6 Å². The van der Waals surface area contributed by atoms with Gasteiger partial charge < -0.3 is 15.5 Å². The van der Waals surface area contributed by atoms with Gasteiger partial charge in [-0.15, -0.1) is 0 Å². The molecule has 0 saturated carbocycles. The second kappa shape index (κ2) is 10.8. The number of hydrogen-bond acceptors (Lipinski definition) is 9. The van der Waals surface area contributed by atoms with E-state index >= 15 is 0 Å². The molecule has 1 aliphatic heterocycles. The Morgan fingerprint density at radius 3 is 2.61 bits per heavy atom. The first-order chi connectivity index (χ1) is 18.2. The number of aromatic nitrogens is 5. The fourth-order valence-corrected chi connectivity index (χ4v) is 5.56. The molecule has 1 aliphatic rings. The van der Waals surface area contributed by atoms with Crippen LogP contribution in [0.2, 0.25) is 5.02 Å². The summed E-state index contributed by atoms with van der Waals surface area (Å²) >= 11 is 6.35. The molecule has 3 aromatic heterocycles. The number of hydrogen-bond donors (Lipinski definition) is 2. The number of nitrogens with zero attached hydrogens (tertiary/aromatic N) is 7. The van der Waals surface area contributed by atoms with Gasteiger partial charge >= 0.3 is 0 Å². The second-order valence-electron chi connectivity index (χ2n) is 9.62. The highest BCUT2D eigenvalue weighted by Gasteiger charge is 2.22. The number of anilines is 4. The van der Waals surface area contributed by atoms with Crippen molar-refractivity contribution in [3.8, 4) is 0 Å². The number of sulfonamides is 1. The minimum atomic E-state index is -3.68. The van der Waals surface area contributed by atoms with Crippen LogP contribution in [0.1, 0.15) is 18.7 Å². The number of halogens is 1. The lowest BCUT2D eigenvalue weighted by Gasteiger charge is -2.28. The third kappa shape index (κ3) is 5.73. The van der Waals surface area contributed by atoms with Crippen LogP contribution in [0.5, 0.6) is 0 Å². The normalized spacial score (nSPS) is 15.3. The molecule has 0 spiro atoms. The maximum absolute atomic E-state index is 12.8. The van der Waals surface area contributed by atoms with Crippen molar-refractivity contribution in [2.24, 2.45) is 5.92 Å². The van der Waals surface area contributed by atoms with E-state index in [0.717, 1.165) is 53.8 Å². The molecule has 1 saturated heterocycles. The molecule has 0 amide bonds. The highest BCUT2D eigenvalue weighted by molar-refractivity contribution is 7.89. The van der Waals surface area contributed by atoms with Crippen molar-refractivity contribution in [1.82, 2.24) is 33.8 Å². The SMILES string of the molecule is CN1CCC(Cc2nc3ccc(Nc4ncc(Cl)c(Nc5ccccc5S(=O)(=O)N(C)C)n4)cn3n2)CC1. The molecule has 5 rings (SSSR count). The van der Waals surface area contributed by atoms with Crippen LogP contribution in [-0.4, -0.2) is 76.4 Å². The molecule has 4 heterocycles. The first-order valence-corrected chi connectivity index (χ1v) is 14.1. The van der Waals surface area contributed by atoms with E-state index in [2.05, 4.69) is 42.6 Å². The van der Waals surface area contributed by atoms with Crippen LogP contribution in [0.15, 0.2) is 53.7 Å². The summed E-state index contributed by atoms with van der Waals surface area (Å²) in [7, 11) is 1.44.